The predicted molar refractivity (Wildman–Crippen MR) is 222 cm³/mol. The van der Waals surface area contributed by atoms with E-state index in [9.17, 15) is 27.9 Å². The molecule has 15 heteroatoms. The second kappa shape index (κ2) is 15.4. The van der Waals surface area contributed by atoms with Gasteiger partial charge in [-0.3, -0.25) is 29.6 Å². The van der Waals surface area contributed by atoms with Crippen LogP contribution >= 0.6 is 11.6 Å². The third-order valence-corrected chi connectivity index (χ3v) is 13.0. The predicted octanol–water partition coefficient (Wildman–Crippen LogP) is 8.38. The lowest BCUT2D eigenvalue weighted by atomic mass is 9.49. The molecule has 1 aromatic heterocycles. The highest BCUT2D eigenvalue weighted by Crippen LogP contribution is 2.65. The maximum absolute atomic E-state index is 15.5. The molecular formula is C47H39ClF3N5O6. The van der Waals surface area contributed by atoms with Crippen LogP contribution in [0, 0.1) is 30.6 Å². The average molecular weight is 862 g/mol. The van der Waals surface area contributed by atoms with E-state index >= 15 is 9.59 Å². The first kappa shape index (κ1) is 40.7. The van der Waals surface area contributed by atoms with Gasteiger partial charge in [0.15, 0.2) is 5.82 Å². The van der Waals surface area contributed by atoms with Crippen LogP contribution in [0.25, 0.3) is 0 Å². The molecule has 2 N–H and O–H groups in total. The highest BCUT2D eigenvalue weighted by atomic mass is 35.5. The van der Waals surface area contributed by atoms with Crippen LogP contribution in [-0.2, 0) is 37.4 Å². The smallest absolute Gasteiger partial charge is 0.433 e. The molecule has 2 aliphatic carbocycles. The number of pyridine rings is 1. The zero-order valence-corrected chi connectivity index (χ0v) is 34.1. The van der Waals surface area contributed by atoms with Crippen LogP contribution in [0.5, 0.6) is 11.5 Å². The van der Waals surface area contributed by atoms with Crippen molar-refractivity contribution in [1.82, 2.24) is 15.0 Å². The van der Waals surface area contributed by atoms with Gasteiger partial charge in [0.05, 0.1) is 33.9 Å². The first-order valence-corrected chi connectivity index (χ1v) is 20.4. The number of amides is 4. The molecule has 3 heterocycles. The summed E-state index contributed by atoms with van der Waals surface area (Å²) in [5.41, 5.74) is 3.84. The Balaban J connectivity index is 1.17. The summed E-state index contributed by atoms with van der Waals surface area (Å²) in [5, 5.41) is 14.6. The summed E-state index contributed by atoms with van der Waals surface area (Å²) in [5.74, 6) is -7.93. The van der Waals surface area contributed by atoms with Crippen molar-refractivity contribution in [2.24, 2.45) is 23.7 Å². The van der Waals surface area contributed by atoms with Gasteiger partial charge < -0.3 is 9.84 Å². The van der Waals surface area contributed by atoms with Crippen LogP contribution in [0.15, 0.2) is 127 Å². The van der Waals surface area contributed by atoms with Crippen LogP contribution in [0.1, 0.15) is 46.7 Å². The molecule has 1 saturated carbocycles. The van der Waals surface area contributed by atoms with Crippen molar-refractivity contribution in [2.75, 3.05) is 17.5 Å². The molecule has 0 spiro atoms. The molecule has 4 aliphatic rings. The van der Waals surface area contributed by atoms with Crippen LogP contribution in [-0.4, -0.2) is 50.8 Å². The van der Waals surface area contributed by atoms with E-state index in [4.69, 9.17) is 16.3 Å². The topological polar surface area (TPSA) is 132 Å². The van der Waals surface area contributed by atoms with E-state index < -0.39 is 76.3 Å². The van der Waals surface area contributed by atoms with E-state index in [0.29, 0.717) is 34.2 Å². The van der Waals surface area contributed by atoms with Crippen molar-refractivity contribution in [3.05, 3.63) is 160 Å². The van der Waals surface area contributed by atoms with E-state index in [0.717, 1.165) is 32.2 Å². The summed E-state index contributed by atoms with van der Waals surface area (Å²) < 4.78 is 47.4. The molecular weight excluding hydrogens is 823 g/mol. The van der Waals surface area contributed by atoms with Crippen molar-refractivity contribution in [3.63, 3.8) is 0 Å². The number of rotatable bonds is 9. The normalized spacial score (nSPS) is 24.4. The van der Waals surface area contributed by atoms with Crippen LogP contribution in [0.4, 0.5) is 24.7 Å². The fraction of sp³-hybridized carbons (Fsp3) is 0.255. The molecule has 6 unspecified atom stereocenters. The number of hydrogen-bond donors (Lipinski definition) is 2. The molecule has 2 aliphatic heterocycles. The number of halogens is 4. The minimum atomic E-state index is -4.83. The Labute approximate surface area is 359 Å². The van der Waals surface area contributed by atoms with Gasteiger partial charge in [-0.05, 0) is 67.1 Å². The zero-order chi connectivity index (χ0) is 43.7. The number of alkyl halides is 3. The molecule has 0 radical (unpaired) electrons. The second-order valence-corrected chi connectivity index (χ2v) is 16.5. The first-order valence-electron chi connectivity index (χ1n) is 20.0. The number of carbonyl (C=O) groups is 4. The summed E-state index contributed by atoms with van der Waals surface area (Å²) >= 11 is 6.34. The van der Waals surface area contributed by atoms with Gasteiger partial charge in [-0.1, -0.05) is 108 Å². The number of aryl methyl sites for hydroxylation is 1. The Morgan fingerprint density at radius 2 is 1.58 bits per heavy atom. The number of benzene rings is 4. The van der Waals surface area contributed by atoms with Gasteiger partial charge in [-0.15, -0.1) is 0 Å². The Bertz CT molecular complexity index is 2650. The average Bonchev–Trinajstić information content (AvgIpc) is 3.64. The third kappa shape index (κ3) is 6.55. The molecule has 0 bridgehead atoms. The maximum Gasteiger partial charge on any atom is 0.433 e. The number of fused-ring (bicyclic) bond motifs is 4. The van der Waals surface area contributed by atoms with Gasteiger partial charge in [0.1, 0.15) is 23.8 Å². The molecule has 4 amide bonds. The number of imide groups is 2. The Morgan fingerprint density at radius 1 is 0.887 bits per heavy atom. The number of hydrogen-bond acceptors (Lipinski definition) is 9. The van der Waals surface area contributed by atoms with E-state index in [1.54, 1.807) is 54.6 Å². The minimum Gasteiger partial charge on any atom is -0.508 e. The van der Waals surface area contributed by atoms with Gasteiger partial charge in [0.2, 0.25) is 0 Å². The zero-order valence-electron chi connectivity index (χ0n) is 33.3. The number of phenolic OH excluding ortho intramolecular Hbond substituents is 1. The largest absolute Gasteiger partial charge is 0.508 e. The number of allylic oxidation sites excluding steroid dienone is 2. The highest BCUT2D eigenvalue weighted by Gasteiger charge is 2.71. The summed E-state index contributed by atoms with van der Waals surface area (Å²) in [6, 6.07) is 32.0. The Kier molecular flexibility index (Phi) is 10.1. The van der Waals surface area contributed by atoms with Gasteiger partial charge in [-0.25, -0.2) is 4.98 Å². The summed E-state index contributed by atoms with van der Waals surface area (Å²) in [6.45, 7) is 2.12. The summed E-state index contributed by atoms with van der Waals surface area (Å²) in [7, 11) is 1.24. The standard InChI is InChI=1S/C47H39ClF3N5O6/c1-26-13-15-29(16-14-26)53-55-43(59)35-24-34-31(19-20-33-39(34)44(60)56(42(33)58)54(2)41-36(48)21-22-38(52-41)47(49,50)51)40(46(35,45(55)61)28-11-7-4-8-12-28)32-18-17-30(23-37(32)57)62-25-27-9-5-3-6-10-27/h3-19,21-23,33-35,39-40,53,57H,20,24-25H2,1-2H3. The number of anilines is 2. The maximum atomic E-state index is 15.5. The molecule has 316 valence electrons. The summed E-state index contributed by atoms with van der Waals surface area (Å²) in [6.07, 6.45) is -3.05. The fourth-order valence-electron chi connectivity index (χ4n) is 9.88. The second-order valence-electron chi connectivity index (χ2n) is 16.1. The van der Waals surface area contributed by atoms with Crippen molar-refractivity contribution < 1.29 is 42.2 Å². The fourth-order valence-corrected chi connectivity index (χ4v) is 10.1. The number of hydrazine groups is 2. The summed E-state index contributed by atoms with van der Waals surface area (Å²) in [4.78, 5) is 63.3. The number of aromatic hydroxyl groups is 1. The third-order valence-electron chi connectivity index (χ3n) is 12.7. The molecule has 11 nitrogen and oxygen atoms in total. The first-order chi connectivity index (χ1) is 29.7. The molecule has 5 aromatic rings. The van der Waals surface area contributed by atoms with Crippen molar-refractivity contribution in [1.29, 1.82) is 0 Å². The van der Waals surface area contributed by atoms with Gasteiger partial charge in [0.25, 0.3) is 23.6 Å². The van der Waals surface area contributed by atoms with Crippen LogP contribution in [0.2, 0.25) is 5.02 Å². The number of nitrogens with zero attached hydrogens (tertiary/aromatic N) is 4. The molecule has 4 aromatic carbocycles. The van der Waals surface area contributed by atoms with E-state index in [1.807, 2.05) is 55.5 Å². The lowest BCUT2D eigenvalue weighted by Gasteiger charge is -2.50. The Hall–Kier alpha value is -6.67. The number of carbonyl (C=O) groups excluding carboxylic acids is 4. The molecule has 62 heavy (non-hydrogen) atoms. The van der Waals surface area contributed by atoms with Crippen molar-refractivity contribution in [3.8, 4) is 11.5 Å². The van der Waals surface area contributed by atoms with E-state index in [-0.39, 0.29) is 30.2 Å². The minimum absolute atomic E-state index is 0.0215. The lowest BCUT2D eigenvalue weighted by molar-refractivity contribution is -0.142. The van der Waals surface area contributed by atoms with Gasteiger partial charge in [0, 0.05) is 24.6 Å². The monoisotopic (exact) mass is 861 g/mol. The van der Waals surface area contributed by atoms with Crippen molar-refractivity contribution in [2.45, 2.75) is 43.9 Å². The van der Waals surface area contributed by atoms with Gasteiger partial charge in [-0.2, -0.15) is 23.2 Å². The van der Waals surface area contributed by atoms with Gasteiger partial charge >= 0.3 is 6.18 Å². The van der Waals surface area contributed by atoms with Crippen molar-refractivity contribution >= 4 is 46.7 Å². The number of phenols is 1. The highest BCUT2D eigenvalue weighted by molar-refractivity contribution is 6.33. The number of ether oxygens (including phenoxy) is 1. The van der Waals surface area contributed by atoms with E-state index in [1.165, 1.54) is 13.1 Å². The molecule has 3 fully saturated rings. The SMILES string of the molecule is Cc1ccc(NN2C(=O)C3CC4C(=CCC5C(=O)N(N(C)c6nc(C(F)(F)F)ccc6Cl)C(=O)C54)C(c4ccc(OCc5ccccc5)cc4O)C3(c3ccccc3)C2=O)cc1. The van der Waals surface area contributed by atoms with E-state index in [2.05, 4.69) is 10.4 Å². The lowest BCUT2D eigenvalue weighted by Crippen LogP contribution is -2.53. The molecule has 6 atom stereocenters. The molecule has 9 rings (SSSR count). The number of aromatic nitrogens is 1. The van der Waals surface area contributed by atoms with Crippen LogP contribution < -0.4 is 15.2 Å². The quantitative estimate of drug-likeness (QED) is 0.111. The molecule has 2 saturated heterocycles. The van der Waals surface area contributed by atoms with Crippen LogP contribution in [0.3, 0.4) is 0 Å². The Morgan fingerprint density at radius 3 is 2.26 bits per heavy atom. The number of nitrogens with one attached hydrogen (secondary N) is 1.